The van der Waals surface area contributed by atoms with E-state index in [1.807, 2.05) is 0 Å². The fourth-order valence-electron chi connectivity index (χ4n) is 2.30. The van der Waals surface area contributed by atoms with Gasteiger partial charge in [-0.05, 0) is 51.0 Å². The SMILES string of the molecule is CCCNC(=O)CCNc1ccc(N(CC)CC)cc1C. The van der Waals surface area contributed by atoms with Gasteiger partial charge in [-0.25, -0.2) is 0 Å². The number of benzene rings is 1. The Morgan fingerprint density at radius 1 is 1.14 bits per heavy atom. The smallest absolute Gasteiger partial charge is 0.221 e. The highest BCUT2D eigenvalue weighted by Gasteiger charge is 2.05. The molecule has 4 nitrogen and oxygen atoms in total. The maximum Gasteiger partial charge on any atom is 0.221 e. The van der Waals surface area contributed by atoms with Crippen molar-refractivity contribution in [1.29, 1.82) is 0 Å². The zero-order valence-corrected chi connectivity index (χ0v) is 13.8. The van der Waals surface area contributed by atoms with E-state index >= 15 is 0 Å². The summed E-state index contributed by atoms with van der Waals surface area (Å²) in [5, 5.41) is 6.23. The Kier molecular flexibility index (Phi) is 7.65. The van der Waals surface area contributed by atoms with Crippen LogP contribution in [0.1, 0.15) is 39.2 Å². The molecule has 21 heavy (non-hydrogen) atoms. The maximum atomic E-state index is 11.5. The molecule has 0 saturated carbocycles. The molecule has 118 valence electrons. The van der Waals surface area contributed by atoms with Crippen LogP contribution in [0, 0.1) is 6.92 Å². The van der Waals surface area contributed by atoms with E-state index in [0.29, 0.717) is 13.0 Å². The maximum absolute atomic E-state index is 11.5. The fourth-order valence-corrected chi connectivity index (χ4v) is 2.30. The van der Waals surface area contributed by atoms with Crippen molar-refractivity contribution in [3.63, 3.8) is 0 Å². The summed E-state index contributed by atoms with van der Waals surface area (Å²) in [6.45, 7) is 11.9. The third-order valence-corrected chi connectivity index (χ3v) is 3.58. The van der Waals surface area contributed by atoms with Gasteiger partial charge in [0.2, 0.25) is 5.91 Å². The van der Waals surface area contributed by atoms with Crippen LogP contribution in [0.3, 0.4) is 0 Å². The molecule has 0 aliphatic heterocycles. The molecule has 1 aromatic rings. The molecule has 2 N–H and O–H groups in total. The molecule has 0 heterocycles. The number of carbonyl (C=O) groups excluding carboxylic acids is 1. The van der Waals surface area contributed by atoms with E-state index in [9.17, 15) is 4.79 Å². The van der Waals surface area contributed by atoms with E-state index in [-0.39, 0.29) is 5.91 Å². The molecule has 0 spiro atoms. The molecule has 0 unspecified atom stereocenters. The van der Waals surface area contributed by atoms with Gasteiger partial charge in [0.1, 0.15) is 0 Å². The largest absolute Gasteiger partial charge is 0.384 e. The Labute approximate surface area is 128 Å². The minimum absolute atomic E-state index is 0.113. The summed E-state index contributed by atoms with van der Waals surface area (Å²) in [5.74, 6) is 0.113. The highest BCUT2D eigenvalue weighted by molar-refractivity contribution is 5.76. The van der Waals surface area contributed by atoms with Gasteiger partial charge in [0, 0.05) is 44.0 Å². The van der Waals surface area contributed by atoms with Crippen molar-refractivity contribution in [1.82, 2.24) is 5.32 Å². The molecule has 1 aromatic carbocycles. The quantitative estimate of drug-likeness (QED) is 0.734. The Hall–Kier alpha value is -1.71. The third kappa shape index (κ3) is 5.66. The summed E-state index contributed by atoms with van der Waals surface area (Å²) in [7, 11) is 0. The van der Waals surface area contributed by atoms with E-state index in [2.05, 4.69) is 61.4 Å². The van der Waals surface area contributed by atoms with Gasteiger partial charge in [0.15, 0.2) is 0 Å². The second-order valence-corrected chi connectivity index (χ2v) is 5.20. The predicted molar refractivity (Wildman–Crippen MR) is 91.1 cm³/mol. The van der Waals surface area contributed by atoms with Crippen LogP contribution in [0.25, 0.3) is 0 Å². The average molecular weight is 291 g/mol. The normalized spacial score (nSPS) is 10.3. The Balaban J connectivity index is 2.51. The number of hydrogen-bond donors (Lipinski definition) is 2. The number of nitrogens with one attached hydrogen (secondary N) is 2. The van der Waals surface area contributed by atoms with Crippen LogP contribution in [0.5, 0.6) is 0 Å². The van der Waals surface area contributed by atoms with Crippen LogP contribution >= 0.6 is 0 Å². The van der Waals surface area contributed by atoms with Gasteiger partial charge < -0.3 is 15.5 Å². The average Bonchev–Trinajstić information content (AvgIpc) is 2.48. The molecular formula is C17H29N3O. The lowest BCUT2D eigenvalue weighted by molar-refractivity contribution is -0.120. The van der Waals surface area contributed by atoms with E-state index in [1.54, 1.807) is 0 Å². The molecule has 1 rings (SSSR count). The molecule has 0 aromatic heterocycles. The third-order valence-electron chi connectivity index (χ3n) is 3.58. The number of carbonyl (C=O) groups is 1. The molecule has 0 atom stereocenters. The first-order chi connectivity index (χ1) is 10.1. The van der Waals surface area contributed by atoms with E-state index in [1.165, 1.54) is 11.3 Å². The first-order valence-corrected chi connectivity index (χ1v) is 7.98. The lowest BCUT2D eigenvalue weighted by atomic mass is 10.1. The summed E-state index contributed by atoms with van der Waals surface area (Å²) in [4.78, 5) is 13.9. The number of amides is 1. The Morgan fingerprint density at radius 2 is 1.86 bits per heavy atom. The summed E-state index contributed by atoms with van der Waals surface area (Å²) >= 11 is 0. The minimum Gasteiger partial charge on any atom is -0.384 e. The zero-order chi connectivity index (χ0) is 15.7. The zero-order valence-electron chi connectivity index (χ0n) is 13.8. The number of aryl methyl sites for hydroxylation is 1. The molecule has 4 heteroatoms. The van der Waals surface area contributed by atoms with Crippen LogP contribution in [-0.4, -0.2) is 32.1 Å². The van der Waals surface area contributed by atoms with Gasteiger partial charge in [0.25, 0.3) is 0 Å². The summed E-state index contributed by atoms with van der Waals surface area (Å²) < 4.78 is 0. The predicted octanol–water partition coefficient (Wildman–Crippen LogP) is 3.17. The van der Waals surface area contributed by atoms with Gasteiger partial charge in [0.05, 0.1) is 0 Å². The Morgan fingerprint density at radius 3 is 2.43 bits per heavy atom. The van der Waals surface area contributed by atoms with Gasteiger partial charge in [-0.15, -0.1) is 0 Å². The van der Waals surface area contributed by atoms with Crippen LogP contribution in [-0.2, 0) is 4.79 Å². The molecule has 0 aliphatic carbocycles. The van der Waals surface area contributed by atoms with Gasteiger partial charge in [-0.1, -0.05) is 6.92 Å². The summed E-state index contributed by atoms with van der Waals surface area (Å²) in [6.07, 6.45) is 1.49. The van der Waals surface area contributed by atoms with E-state index in [4.69, 9.17) is 0 Å². The minimum atomic E-state index is 0.113. The molecule has 0 fully saturated rings. The van der Waals surface area contributed by atoms with Crippen LogP contribution in [0.15, 0.2) is 18.2 Å². The van der Waals surface area contributed by atoms with Crippen LogP contribution in [0.2, 0.25) is 0 Å². The van der Waals surface area contributed by atoms with Crippen LogP contribution in [0.4, 0.5) is 11.4 Å². The first kappa shape index (κ1) is 17.3. The standard InChI is InChI=1S/C17H29N3O/c1-5-11-19-17(21)10-12-18-16-9-8-15(13-14(16)4)20(6-2)7-3/h8-9,13,18H,5-7,10-12H2,1-4H3,(H,19,21). The lowest BCUT2D eigenvalue weighted by Crippen LogP contribution is -2.26. The molecule has 0 aliphatic rings. The lowest BCUT2D eigenvalue weighted by Gasteiger charge is -2.22. The van der Waals surface area contributed by atoms with E-state index in [0.717, 1.165) is 31.7 Å². The highest BCUT2D eigenvalue weighted by atomic mass is 16.1. The van der Waals surface area contributed by atoms with Crippen molar-refractivity contribution in [3.05, 3.63) is 23.8 Å². The van der Waals surface area contributed by atoms with Gasteiger partial charge in [-0.2, -0.15) is 0 Å². The van der Waals surface area contributed by atoms with Crippen molar-refractivity contribution in [2.24, 2.45) is 0 Å². The van der Waals surface area contributed by atoms with Crippen molar-refractivity contribution in [3.8, 4) is 0 Å². The molecule has 0 radical (unpaired) electrons. The van der Waals surface area contributed by atoms with Crippen molar-refractivity contribution < 1.29 is 4.79 Å². The molecule has 0 bridgehead atoms. The summed E-state index contributed by atoms with van der Waals surface area (Å²) in [6, 6.07) is 6.44. The molecular weight excluding hydrogens is 262 g/mol. The van der Waals surface area contributed by atoms with Crippen LogP contribution < -0.4 is 15.5 Å². The van der Waals surface area contributed by atoms with Crippen molar-refractivity contribution in [2.75, 3.05) is 36.4 Å². The number of rotatable bonds is 9. The first-order valence-electron chi connectivity index (χ1n) is 7.98. The molecule has 0 saturated heterocycles. The van der Waals surface area contributed by atoms with Gasteiger partial charge >= 0.3 is 0 Å². The Bertz CT molecular complexity index is 442. The monoisotopic (exact) mass is 291 g/mol. The number of anilines is 2. The summed E-state index contributed by atoms with van der Waals surface area (Å²) in [5.41, 5.74) is 3.58. The second kappa shape index (κ2) is 9.27. The highest BCUT2D eigenvalue weighted by Crippen LogP contribution is 2.22. The number of nitrogens with zero attached hydrogens (tertiary/aromatic N) is 1. The topological polar surface area (TPSA) is 44.4 Å². The van der Waals surface area contributed by atoms with E-state index < -0.39 is 0 Å². The fraction of sp³-hybridized carbons (Fsp3) is 0.588. The number of hydrogen-bond acceptors (Lipinski definition) is 3. The van der Waals surface area contributed by atoms with Crippen molar-refractivity contribution in [2.45, 2.75) is 40.5 Å². The second-order valence-electron chi connectivity index (χ2n) is 5.20. The van der Waals surface area contributed by atoms with Crippen molar-refractivity contribution >= 4 is 17.3 Å². The molecule has 1 amide bonds. The van der Waals surface area contributed by atoms with Gasteiger partial charge in [-0.3, -0.25) is 4.79 Å².